The molecule has 0 bridgehead atoms. The molecule has 0 saturated heterocycles. The monoisotopic (exact) mass is 230 g/mol. The Kier molecular flexibility index (Phi) is 2.95. The van der Waals surface area contributed by atoms with Gasteiger partial charge in [-0.2, -0.15) is 5.10 Å². The van der Waals surface area contributed by atoms with Crippen LogP contribution in [0, 0.1) is 13.8 Å². The number of nitrogens with zero attached hydrogens (tertiary/aromatic N) is 1. The molecule has 0 aliphatic rings. The van der Waals surface area contributed by atoms with E-state index in [0.717, 1.165) is 22.4 Å². The van der Waals surface area contributed by atoms with Gasteiger partial charge in [0.2, 0.25) is 0 Å². The van der Waals surface area contributed by atoms with Crippen LogP contribution in [0.15, 0.2) is 24.3 Å². The molecule has 1 aromatic heterocycles. The van der Waals surface area contributed by atoms with E-state index in [1.54, 1.807) is 6.07 Å². The van der Waals surface area contributed by atoms with Crippen LogP contribution in [0.1, 0.15) is 16.8 Å². The number of aromatic amines is 1. The molecule has 0 amide bonds. The number of carboxylic acid groups (broad SMARTS) is 1. The zero-order chi connectivity index (χ0) is 12.4. The van der Waals surface area contributed by atoms with Gasteiger partial charge >= 0.3 is 5.97 Å². The van der Waals surface area contributed by atoms with Crippen molar-refractivity contribution in [3.05, 3.63) is 41.1 Å². The molecule has 2 N–H and O–H groups in total. The fourth-order valence-electron chi connectivity index (χ4n) is 1.76. The average Bonchev–Trinajstić information content (AvgIpc) is 2.69. The minimum absolute atomic E-state index is 0.0299. The first-order chi connectivity index (χ1) is 8.06. The van der Waals surface area contributed by atoms with Crippen molar-refractivity contribution in [1.29, 1.82) is 0 Å². The first kappa shape index (κ1) is 11.4. The molecule has 0 saturated carbocycles. The molecule has 0 fully saturated rings. The largest absolute Gasteiger partial charge is 0.481 e. The number of aryl methyl sites for hydroxylation is 2. The van der Waals surface area contributed by atoms with E-state index in [9.17, 15) is 4.79 Å². The Labute approximate surface area is 99.3 Å². The number of rotatable bonds is 3. The average molecular weight is 230 g/mol. The number of aliphatic carboxylic acids is 1. The highest BCUT2D eigenvalue weighted by atomic mass is 16.4. The molecule has 0 atom stereocenters. The smallest absolute Gasteiger partial charge is 0.309 e. The molecule has 1 heterocycles. The van der Waals surface area contributed by atoms with Gasteiger partial charge < -0.3 is 5.11 Å². The molecule has 0 aliphatic heterocycles. The van der Waals surface area contributed by atoms with E-state index in [0.29, 0.717) is 5.69 Å². The van der Waals surface area contributed by atoms with Crippen molar-refractivity contribution in [2.45, 2.75) is 20.3 Å². The summed E-state index contributed by atoms with van der Waals surface area (Å²) in [5.41, 5.74) is 4.74. The second-order valence-electron chi connectivity index (χ2n) is 4.17. The minimum atomic E-state index is -0.860. The SMILES string of the molecule is Cc1ccc(C)c(-c2cc(CC(=O)O)[nH]n2)c1. The number of carboxylic acids is 1. The van der Waals surface area contributed by atoms with Gasteiger partial charge in [-0.1, -0.05) is 17.7 Å². The highest BCUT2D eigenvalue weighted by Gasteiger charge is 2.09. The summed E-state index contributed by atoms with van der Waals surface area (Å²) in [7, 11) is 0. The Bertz CT molecular complexity index is 558. The third-order valence-corrected chi connectivity index (χ3v) is 2.64. The summed E-state index contributed by atoms with van der Waals surface area (Å²) in [6, 6.07) is 7.92. The number of hydrogen-bond donors (Lipinski definition) is 2. The second-order valence-corrected chi connectivity index (χ2v) is 4.17. The summed E-state index contributed by atoms with van der Waals surface area (Å²) in [5, 5.41) is 15.6. The van der Waals surface area contributed by atoms with E-state index in [-0.39, 0.29) is 6.42 Å². The Morgan fingerprint density at radius 3 is 2.82 bits per heavy atom. The highest BCUT2D eigenvalue weighted by Crippen LogP contribution is 2.23. The predicted molar refractivity (Wildman–Crippen MR) is 64.8 cm³/mol. The van der Waals surface area contributed by atoms with Crippen molar-refractivity contribution >= 4 is 5.97 Å². The van der Waals surface area contributed by atoms with Gasteiger partial charge in [0.1, 0.15) is 0 Å². The fraction of sp³-hybridized carbons (Fsp3) is 0.231. The van der Waals surface area contributed by atoms with Crippen molar-refractivity contribution in [2.75, 3.05) is 0 Å². The zero-order valence-corrected chi connectivity index (χ0v) is 9.82. The van der Waals surface area contributed by atoms with Crippen LogP contribution in [0.4, 0.5) is 0 Å². The van der Waals surface area contributed by atoms with Crippen LogP contribution in [0.5, 0.6) is 0 Å². The van der Waals surface area contributed by atoms with Gasteiger partial charge in [0.25, 0.3) is 0 Å². The summed E-state index contributed by atoms with van der Waals surface area (Å²) in [4.78, 5) is 10.6. The van der Waals surface area contributed by atoms with Gasteiger partial charge in [0, 0.05) is 11.3 Å². The molecule has 2 aromatic rings. The van der Waals surface area contributed by atoms with Crippen molar-refractivity contribution in [1.82, 2.24) is 10.2 Å². The van der Waals surface area contributed by atoms with Crippen molar-refractivity contribution in [2.24, 2.45) is 0 Å². The first-order valence-corrected chi connectivity index (χ1v) is 5.40. The molecule has 2 rings (SSSR count). The number of aromatic nitrogens is 2. The maximum absolute atomic E-state index is 10.6. The molecular weight excluding hydrogens is 216 g/mol. The first-order valence-electron chi connectivity index (χ1n) is 5.40. The van der Waals surface area contributed by atoms with Crippen molar-refractivity contribution in [3.63, 3.8) is 0 Å². The van der Waals surface area contributed by atoms with E-state index in [1.807, 2.05) is 26.0 Å². The van der Waals surface area contributed by atoms with Crippen LogP contribution in [0.25, 0.3) is 11.3 Å². The summed E-state index contributed by atoms with van der Waals surface area (Å²) < 4.78 is 0. The molecule has 0 aliphatic carbocycles. The van der Waals surface area contributed by atoms with Crippen LogP contribution in [0.2, 0.25) is 0 Å². The van der Waals surface area contributed by atoms with E-state index >= 15 is 0 Å². The van der Waals surface area contributed by atoms with Crippen LogP contribution < -0.4 is 0 Å². The van der Waals surface area contributed by atoms with Crippen LogP contribution in [0.3, 0.4) is 0 Å². The van der Waals surface area contributed by atoms with Gasteiger partial charge in [-0.3, -0.25) is 9.89 Å². The molecule has 0 radical (unpaired) electrons. The van der Waals surface area contributed by atoms with Gasteiger partial charge in [0.15, 0.2) is 0 Å². The van der Waals surface area contributed by atoms with Crippen LogP contribution >= 0.6 is 0 Å². The van der Waals surface area contributed by atoms with E-state index < -0.39 is 5.97 Å². The van der Waals surface area contributed by atoms with Gasteiger partial charge in [-0.05, 0) is 31.5 Å². The topological polar surface area (TPSA) is 66.0 Å². The lowest BCUT2D eigenvalue weighted by molar-refractivity contribution is -0.136. The maximum Gasteiger partial charge on any atom is 0.309 e. The summed E-state index contributed by atoms with van der Waals surface area (Å²) in [6.07, 6.45) is -0.0299. The lowest BCUT2D eigenvalue weighted by atomic mass is 10.0. The van der Waals surface area contributed by atoms with Gasteiger partial charge in [-0.15, -0.1) is 0 Å². The molecule has 0 spiro atoms. The molecule has 17 heavy (non-hydrogen) atoms. The second kappa shape index (κ2) is 4.41. The number of nitrogens with one attached hydrogen (secondary N) is 1. The standard InChI is InChI=1S/C13H14N2O2/c1-8-3-4-9(2)11(5-8)12-6-10(14-15-12)7-13(16)17/h3-6H,7H2,1-2H3,(H,14,15)(H,16,17). The Hall–Kier alpha value is -2.10. The highest BCUT2D eigenvalue weighted by molar-refractivity contribution is 5.71. The zero-order valence-electron chi connectivity index (χ0n) is 9.82. The van der Waals surface area contributed by atoms with E-state index in [2.05, 4.69) is 16.3 Å². The number of carbonyl (C=O) groups is 1. The molecule has 1 aromatic carbocycles. The lowest BCUT2D eigenvalue weighted by Gasteiger charge is -2.03. The Morgan fingerprint density at radius 1 is 1.35 bits per heavy atom. The van der Waals surface area contributed by atoms with Crippen molar-refractivity contribution < 1.29 is 9.90 Å². The van der Waals surface area contributed by atoms with Gasteiger partial charge in [0.05, 0.1) is 12.1 Å². The predicted octanol–water partition coefficient (Wildman–Crippen LogP) is 2.32. The Morgan fingerprint density at radius 2 is 2.12 bits per heavy atom. The van der Waals surface area contributed by atoms with Gasteiger partial charge in [-0.25, -0.2) is 0 Å². The third kappa shape index (κ3) is 2.53. The van der Waals surface area contributed by atoms with Crippen LogP contribution in [-0.2, 0) is 11.2 Å². The van der Waals surface area contributed by atoms with Crippen LogP contribution in [-0.4, -0.2) is 21.3 Å². The number of hydrogen-bond acceptors (Lipinski definition) is 2. The van der Waals surface area contributed by atoms with E-state index in [1.165, 1.54) is 0 Å². The lowest BCUT2D eigenvalue weighted by Crippen LogP contribution is -1.99. The fourth-order valence-corrected chi connectivity index (χ4v) is 1.76. The van der Waals surface area contributed by atoms with E-state index in [4.69, 9.17) is 5.11 Å². The van der Waals surface area contributed by atoms with Crippen molar-refractivity contribution in [3.8, 4) is 11.3 Å². The molecule has 0 unspecified atom stereocenters. The number of H-pyrrole nitrogens is 1. The quantitative estimate of drug-likeness (QED) is 0.850. The third-order valence-electron chi connectivity index (χ3n) is 2.64. The summed E-state index contributed by atoms with van der Waals surface area (Å²) in [5.74, 6) is -0.860. The molecule has 88 valence electrons. The molecule has 4 heteroatoms. The maximum atomic E-state index is 10.6. The summed E-state index contributed by atoms with van der Waals surface area (Å²) >= 11 is 0. The minimum Gasteiger partial charge on any atom is -0.481 e. The Balaban J connectivity index is 2.36. The molecular formula is C13H14N2O2. The summed E-state index contributed by atoms with van der Waals surface area (Å²) in [6.45, 7) is 4.04. The molecule has 4 nitrogen and oxygen atoms in total. The normalized spacial score (nSPS) is 10.5. The number of benzene rings is 1.